The number of carboxylic acids is 1. The number of carbonyl (C=O) groups excluding carboxylic acids is 2. The lowest BCUT2D eigenvalue weighted by Gasteiger charge is -2.36. The molecule has 3 rings (SSSR count). The second-order valence-electron chi connectivity index (χ2n) is 8.85. The van der Waals surface area contributed by atoms with Crippen molar-refractivity contribution in [2.45, 2.75) is 26.2 Å². The number of ether oxygens (including phenoxy) is 3. The van der Waals surface area contributed by atoms with E-state index >= 15 is 0 Å². The molecular weight excluding hydrogens is 490 g/mol. The summed E-state index contributed by atoms with van der Waals surface area (Å²) in [6.45, 7) is 4.33. The minimum atomic E-state index is -1.24. The molecule has 1 aliphatic rings. The summed E-state index contributed by atoms with van der Waals surface area (Å²) >= 11 is 0. The second kappa shape index (κ2) is 12.0. The Labute approximate surface area is 220 Å². The average molecular weight is 520 g/mol. The van der Waals surface area contributed by atoms with Crippen LogP contribution in [-0.2, 0) is 19.1 Å². The summed E-state index contributed by atoms with van der Waals surface area (Å²) in [6, 6.07) is 14.7. The highest BCUT2D eigenvalue weighted by molar-refractivity contribution is 6.07. The fraction of sp³-hybridized carbons (Fsp3) is 0.286. The highest BCUT2D eigenvalue weighted by Crippen LogP contribution is 2.45. The topological polar surface area (TPSA) is 152 Å². The molecule has 10 nitrogen and oxygen atoms in total. The molecule has 0 aliphatic carbocycles. The van der Waals surface area contributed by atoms with Crippen molar-refractivity contribution in [2.75, 3.05) is 25.7 Å². The molecule has 0 fully saturated rings. The number of methoxy groups -OCH3 is 2. The molecule has 0 saturated heterocycles. The summed E-state index contributed by atoms with van der Waals surface area (Å²) in [5.74, 6) is -3.79. The Kier molecular flexibility index (Phi) is 8.76. The second-order valence-corrected chi connectivity index (χ2v) is 8.85. The third kappa shape index (κ3) is 5.47. The van der Waals surface area contributed by atoms with Crippen molar-refractivity contribution in [3.63, 3.8) is 0 Å². The summed E-state index contributed by atoms with van der Waals surface area (Å²) in [7, 11) is 2.28. The van der Waals surface area contributed by atoms with Crippen LogP contribution in [0, 0.1) is 17.2 Å². The van der Waals surface area contributed by atoms with Crippen molar-refractivity contribution in [2.24, 2.45) is 11.7 Å². The lowest BCUT2D eigenvalue weighted by atomic mass is 9.81. The van der Waals surface area contributed by atoms with Gasteiger partial charge in [0.15, 0.2) is 0 Å². The predicted molar refractivity (Wildman–Crippen MR) is 138 cm³/mol. The minimum absolute atomic E-state index is 0.0434. The number of carbonyl (C=O) groups is 3. The van der Waals surface area contributed by atoms with Crippen molar-refractivity contribution in [1.82, 2.24) is 0 Å². The number of aromatic carboxylic acids is 1. The van der Waals surface area contributed by atoms with Gasteiger partial charge in [-0.2, -0.15) is 5.26 Å². The molecule has 3 N–H and O–H groups in total. The SMILES string of the molecule is COC(=O)C1=C(C(=O)OC)N(c2cc(C(=O)O)ccc2OCCC(C)C)C(N)=C(C#N)C1c1ccccc1. The van der Waals surface area contributed by atoms with Crippen LogP contribution in [0.3, 0.4) is 0 Å². The standard InChI is InChI=1S/C28H29N3O7/c1-16(2)12-13-38-21-11-10-18(26(32)33)14-20(21)31-24(28(35)37-4)23(27(34)36-3)22(19(15-29)25(31)30)17-8-6-5-7-9-17/h5-11,14,16,22H,12-13,30H2,1-4H3,(H,32,33). The number of nitriles is 1. The van der Waals surface area contributed by atoms with Gasteiger partial charge >= 0.3 is 17.9 Å². The molecule has 0 spiro atoms. The number of anilines is 1. The van der Waals surface area contributed by atoms with Crippen molar-refractivity contribution in [3.05, 3.63) is 82.3 Å². The fourth-order valence-electron chi connectivity index (χ4n) is 4.12. The number of esters is 2. The molecular formula is C28H29N3O7. The summed E-state index contributed by atoms with van der Waals surface area (Å²) in [5.41, 5.74) is 6.42. The first-order valence-electron chi connectivity index (χ1n) is 11.8. The van der Waals surface area contributed by atoms with Gasteiger partial charge in [-0.1, -0.05) is 44.2 Å². The first-order chi connectivity index (χ1) is 18.2. The highest BCUT2D eigenvalue weighted by atomic mass is 16.5. The zero-order chi connectivity index (χ0) is 28.0. The third-order valence-electron chi connectivity index (χ3n) is 6.01. The molecule has 0 saturated carbocycles. The molecule has 2 aromatic carbocycles. The van der Waals surface area contributed by atoms with E-state index in [0.717, 1.165) is 19.1 Å². The number of benzene rings is 2. The predicted octanol–water partition coefficient (Wildman–Crippen LogP) is 3.71. The Bertz CT molecular complexity index is 1340. The third-order valence-corrected chi connectivity index (χ3v) is 6.01. The van der Waals surface area contributed by atoms with Crippen LogP contribution in [0.25, 0.3) is 0 Å². The zero-order valence-electron chi connectivity index (χ0n) is 21.6. The van der Waals surface area contributed by atoms with Crippen LogP contribution >= 0.6 is 0 Å². The smallest absolute Gasteiger partial charge is 0.355 e. The van der Waals surface area contributed by atoms with Crippen LogP contribution in [-0.4, -0.2) is 43.8 Å². The monoisotopic (exact) mass is 519 g/mol. The number of hydrogen-bond acceptors (Lipinski definition) is 9. The quantitative estimate of drug-likeness (QED) is 0.469. The Morgan fingerprint density at radius 3 is 2.29 bits per heavy atom. The van der Waals surface area contributed by atoms with Crippen molar-refractivity contribution in [3.8, 4) is 11.8 Å². The minimum Gasteiger partial charge on any atom is -0.491 e. The van der Waals surface area contributed by atoms with Crippen LogP contribution in [0.15, 0.2) is 71.2 Å². The Hall–Kier alpha value is -4.78. The van der Waals surface area contributed by atoms with Gasteiger partial charge in [-0.15, -0.1) is 0 Å². The number of rotatable bonds is 9. The van der Waals surface area contributed by atoms with E-state index in [9.17, 15) is 24.8 Å². The maximum absolute atomic E-state index is 13.3. The number of allylic oxidation sites excluding steroid dienone is 1. The van der Waals surface area contributed by atoms with Crippen LogP contribution in [0.2, 0.25) is 0 Å². The largest absolute Gasteiger partial charge is 0.491 e. The van der Waals surface area contributed by atoms with Gasteiger partial charge in [0.25, 0.3) is 0 Å². The first kappa shape index (κ1) is 27.8. The Morgan fingerprint density at radius 1 is 1.08 bits per heavy atom. The molecule has 0 amide bonds. The summed E-state index contributed by atoms with van der Waals surface area (Å²) in [4.78, 5) is 39.5. The van der Waals surface area contributed by atoms with Crippen molar-refractivity contribution >= 4 is 23.6 Å². The summed E-state index contributed by atoms with van der Waals surface area (Å²) in [5, 5.41) is 19.9. The molecule has 1 aliphatic heterocycles. The number of carboxylic acid groups (broad SMARTS) is 1. The van der Waals surface area contributed by atoms with Gasteiger partial charge in [0.05, 0.1) is 55.2 Å². The van der Waals surface area contributed by atoms with E-state index in [1.165, 1.54) is 18.2 Å². The van der Waals surface area contributed by atoms with Crippen LogP contribution in [0.5, 0.6) is 5.75 Å². The van der Waals surface area contributed by atoms with Gasteiger partial charge in [0, 0.05) is 0 Å². The molecule has 38 heavy (non-hydrogen) atoms. The normalized spacial score (nSPS) is 15.3. The van der Waals surface area contributed by atoms with Crippen LogP contribution in [0.1, 0.15) is 42.1 Å². The van der Waals surface area contributed by atoms with Gasteiger partial charge in [0.2, 0.25) is 0 Å². The molecule has 198 valence electrons. The molecule has 0 aromatic heterocycles. The molecule has 1 heterocycles. The molecule has 2 aromatic rings. The Balaban J connectivity index is 2.40. The molecule has 1 unspecified atom stereocenters. The van der Waals surface area contributed by atoms with Crippen LogP contribution in [0.4, 0.5) is 5.69 Å². The summed E-state index contributed by atoms with van der Waals surface area (Å²) < 4.78 is 16.0. The molecule has 1 atom stereocenters. The van der Waals surface area contributed by atoms with Gasteiger partial charge in [0.1, 0.15) is 17.3 Å². The van der Waals surface area contributed by atoms with Gasteiger partial charge in [-0.05, 0) is 36.1 Å². The van der Waals surface area contributed by atoms with Crippen molar-refractivity contribution < 1.29 is 33.7 Å². The van der Waals surface area contributed by atoms with Gasteiger partial charge in [-0.3, -0.25) is 4.90 Å². The Morgan fingerprint density at radius 2 is 1.74 bits per heavy atom. The molecule has 0 radical (unpaired) electrons. The molecule has 10 heteroatoms. The lowest BCUT2D eigenvalue weighted by molar-refractivity contribution is -0.139. The number of hydrogen-bond donors (Lipinski definition) is 2. The van der Waals surface area contributed by atoms with Gasteiger partial charge in [-0.25, -0.2) is 14.4 Å². The van der Waals surface area contributed by atoms with E-state index in [4.69, 9.17) is 19.9 Å². The first-order valence-corrected chi connectivity index (χ1v) is 11.8. The van der Waals surface area contributed by atoms with E-state index in [1.54, 1.807) is 30.3 Å². The van der Waals surface area contributed by atoms with E-state index in [1.807, 2.05) is 13.8 Å². The number of nitrogens with two attached hydrogens (primary N) is 1. The zero-order valence-corrected chi connectivity index (χ0v) is 21.6. The summed E-state index contributed by atoms with van der Waals surface area (Å²) in [6.07, 6.45) is 0.693. The van der Waals surface area contributed by atoms with Crippen molar-refractivity contribution in [1.29, 1.82) is 5.26 Å². The van der Waals surface area contributed by atoms with E-state index < -0.39 is 23.8 Å². The van der Waals surface area contributed by atoms with E-state index in [-0.39, 0.29) is 46.3 Å². The van der Waals surface area contributed by atoms with Crippen LogP contribution < -0.4 is 15.4 Å². The van der Waals surface area contributed by atoms with E-state index in [0.29, 0.717) is 17.9 Å². The maximum Gasteiger partial charge on any atom is 0.355 e. The maximum atomic E-state index is 13.3. The lowest BCUT2D eigenvalue weighted by Crippen LogP contribution is -2.41. The average Bonchev–Trinajstić information content (AvgIpc) is 2.91. The molecule has 0 bridgehead atoms. The fourth-order valence-corrected chi connectivity index (χ4v) is 4.12. The van der Waals surface area contributed by atoms with E-state index in [2.05, 4.69) is 6.07 Å². The highest BCUT2D eigenvalue weighted by Gasteiger charge is 2.43. The van der Waals surface area contributed by atoms with Gasteiger partial charge < -0.3 is 25.1 Å². The number of nitrogens with zero attached hydrogens (tertiary/aromatic N) is 2.